The van der Waals surface area contributed by atoms with Gasteiger partial charge in [0.1, 0.15) is 0 Å². The minimum Gasteiger partial charge on any atom is -0.390 e. The molecule has 0 aromatic heterocycles. The Hall–Kier alpha value is -0.0800. The molecule has 0 unspecified atom stereocenters. The van der Waals surface area contributed by atoms with E-state index in [-0.39, 0.29) is 12.2 Å². The SMILES string of the molecule is CCCCCCCCCCCC[C@@H](O)[C@H]1CCCO1. The first-order valence-electron chi connectivity index (χ1n) is 8.64. The average Bonchev–Trinajstić information content (AvgIpc) is 2.95. The van der Waals surface area contributed by atoms with Crippen LogP contribution >= 0.6 is 0 Å². The molecule has 1 heterocycles. The number of aliphatic hydroxyl groups is 1. The molecule has 1 aliphatic heterocycles. The first-order chi connectivity index (χ1) is 9.34. The molecule has 0 saturated carbocycles. The van der Waals surface area contributed by atoms with Gasteiger partial charge in [0, 0.05) is 6.61 Å². The molecule has 0 bridgehead atoms. The van der Waals surface area contributed by atoms with Crippen molar-refractivity contribution >= 4 is 0 Å². The smallest absolute Gasteiger partial charge is 0.0834 e. The summed E-state index contributed by atoms with van der Waals surface area (Å²) in [7, 11) is 0. The second-order valence-electron chi connectivity index (χ2n) is 6.09. The van der Waals surface area contributed by atoms with Crippen LogP contribution in [0.25, 0.3) is 0 Å². The van der Waals surface area contributed by atoms with Gasteiger partial charge < -0.3 is 9.84 Å². The lowest BCUT2D eigenvalue weighted by molar-refractivity contribution is -0.00636. The molecule has 1 rings (SSSR count). The zero-order chi connectivity index (χ0) is 13.8. The lowest BCUT2D eigenvalue weighted by atomic mass is 10.0. The molecule has 1 fully saturated rings. The van der Waals surface area contributed by atoms with Crippen LogP contribution in [-0.4, -0.2) is 23.9 Å². The lowest BCUT2D eigenvalue weighted by Gasteiger charge is -2.16. The summed E-state index contributed by atoms with van der Waals surface area (Å²) in [5.41, 5.74) is 0. The largest absolute Gasteiger partial charge is 0.390 e. The molecule has 0 radical (unpaired) electrons. The molecule has 0 aromatic carbocycles. The maximum atomic E-state index is 9.95. The molecule has 2 heteroatoms. The molecular formula is C17H34O2. The third kappa shape index (κ3) is 8.65. The molecule has 0 amide bonds. The van der Waals surface area contributed by atoms with Gasteiger partial charge in [0.2, 0.25) is 0 Å². The summed E-state index contributed by atoms with van der Waals surface area (Å²) < 4.78 is 5.51. The second kappa shape index (κ2) is 11.7. The Labute approximate surface area is 119 Å². The number of unbranched alkanes of at least 4 members (excludes halogenated alkanes) is 9. The van der Waals surface area contributed by atoms with E-state index in [4.69, 9.17) is 4.74 Å². The normalized spacial score (nSPS) is 20.8. The van der Waals surface area contributed by atoms with Crippen LogP contribution in [0.1, 0.15) is 90.4 Å². The number of ether oxygens (including phenoxy) is 1. The molecule has 1 N–H and O–H groups in total. The number of rotatable bonds is 12. The van der Waals surface area contributed by atoms with Gasteiger partial charge in [-0.2, -0.15) is 0 Å². The van der Waals surface area contributed by atoms with E-state index in [1.54, 1.807) is 0 Å². The predicted molar refractivity (Wildman–Crippen MR) is 81.4 cm³/mol. The molecule has 0 aromatic rings. The lowest BCUT2D eigenvalue weighted by Crippen LogP contribution is -2.24. The van der Waals surface area contributed by atoms with Crippen LogP contribution in [0.2, 0.25) is 0 Å². The highest BCUT2D eigenvalue weighted by atomic mass is 16.5. The average molecular weight is 270 g/mol. The van der Waals surface area contributed by atoms with Crippen molar-refractivity contribution in [3.05, 3.63) is 0 Å². The monoisotopic (exact) mass is 270 g/mol. The minimum absolute atomic E-state index is 0.138. The van der Waals surface area contributed by atoms with E-state index >= 15 is 0 Å². The van der Waals surface area contributed by atoms with Crippen LogP contribution in [0.15, 0.2) is 0 Å². The van der Waals surface area contributed by atoms with Crippen LogP contribution in [0.4, 0.5) is 0 Å². The Bertz CT molecular complexity index is 188. The van der Waals surface area contributed by atoms with Crippen molar-refractivity contribution in [3.8, 4) is 0 Å². The predicted octanol–water partition coefficient (Wildman–Crippen LogP) is 4.84. The molecule has 0 aliphatic carbocycles. The number of aliphatic hydroxyl groups excluding tert-OH is 1. The van der Waals surface area contributed by atoms with Gasteiger partial charge in [-0.1, -0.05) is 71.1 Å². The molecule has 114 valence electrons. The zero-order valence-corrected chi connectivity index (χ0v) is 12.9. The van der Waals surface area contributed by atoms with Gasteiger partial charge in [0.25, 0.3) is 0 Å². The van der Waals surface area contributed by atoms with Crippen molar-refractivity contribution in [2.45, 2.75) is 103 Å². The van der Waals surface area contributed by atoms with E-state index in [1.165, 1.54) is 57.8 Å². The fourth-order valence-electron chi connectivity index (χ4n) is 2.93. The van der Waals surface area contributed by atoms with Crippen molar-refractivity contribution in [1.82, 2.24) is 0 Å². The van der Waals surface area contributed by atoms with Crippen LogP contribution in [0, 0.1) is 0 Å². The summed E-state index contributed by atoms with van der Waals surface area (Å²) in [6, 6.07) is 0. The van der Waals surface area contributed by atoms with Crippen LogP contribution in [0.5, 0.6) is 0 Å². The second-order valence-corrected chi connectivity index (χ2v) is 6.09. The van der Waals surface area contributed by atoms with E-state index in [0.29, 0.717) is 0 Å². The van der Waals surface area contributed by atoms with Crippen molar-refractivity contribution in [2.75, 3.05) is 6.61 Å². The Morgan fingerprint density at radius 1 is 0.947 bits per heavy atom. The number of hydrogen-bond donors (Lipinski definition) is 1. The fourth-order valence-corrected chi connectivity index (χ4v) is 2.93. The van der Waals surface area contributed by atoms with E-state index in [0.717, 1.165) is 32.3 Å². The van der Waals surface area contributed by atoms with Crippen molar-refractivity contribution in [1.29, 1.82) is 0 Å². The fraction of sp³-hybridized carbons (Fsp3) is 1.00. The van der Waals surface area contributed by atoms with E-state index in [2.05, 4.69) is 6.92 Å². The summed E-state index contributed by atoms with van der Waals surface area (Å²) >= 11 is 0. The summed E-state index contributed by atoms with van der Waals surface area (Å²) in [4.78, 5) is 0. The van der Waals surface area contributed by atoms with Gasteiger partial charge in [-0.3, -0.25) is 0 Å². The van der Waals surface area contributed by atoms with E-state index in [1.807, 2.05) is 0 Å². The standard InChI is InChI=1S/C17H34O2/c1-2-3-4-5-6-7-8-9-10-11-13-16(18)17-14-12-15-19-17/h16-18H,2-15H2,1H3/t16-,17-/m1/s1. The van der Waals surface area contributed by atoms with E-state index in [9.17, 15) is 5.11 Å². The summed E-state index contributed by atoms with van der Waals surface area (Å²) in [6.07, 6.45) is 16.6. The van der Waals surface area contributed by atoms with Gasteiger partial charge in [-0.15, -0.1) is 0 Å². The molecule has 19 heavy (non-hydrogen) atoms. The molecule has 2 atom stereocenters. The summed E-state index contributed by atoms with van der Waals surface area (Å²) in [6.45, 7) is 3.12. The van der Waals surface area contributed by atoms with Crippen LogP contribution < -0.4 is 0 Å². The van der Waals surface area contributed by atoms with Crippen LogP contribution in [-0.2, 0) is 4.74 Å². The first-order valence-corrected chi connectivity index (χ1v) is 8.64. The van der Waals surface area contributed by atoms with Gasteiger partial charge in [0.15, 0.2) is 0 Å². The summed E-state index contributed by atoms with van der Waals surface area (Å²) in [5, 5.41) is 9.95. The Morgan fingerprint density at radius 3 is 2.05 bits per heavy atom. The van der Waals surface area contributed by atoms with Crippen LogP contribution in [0.3, 0.4) is 0 Å². The zero-order valence-electron chi connectivity index (χ0n) is 12.9. The molecule has 1 aliphatic rings. The quantitative estimate of drug-likeness (QED) is 0.514. The highest BCUT2D eigenvalue weighted by molar-refractivity contribution is 4.73. The Morgan fingerprint density at radius 2 is 1.53 bits per heavy atom. The third-order valence-electron chi connectivity index (χ3n) is 4.25. The highest BCUT2D eigenvalue weighted by Gasteiger charge is 2.23. The minimum atomic E-state index is -0.212. The van der Waals surface area contributed by atoms with Gasteiger partial charge in [-0.25, -0.2) is 0 Å². The van der Waals surface area contributed by atoms with Gasteiger partial charge in [-0.05, 0) is 19.3 Å². The molecule has 1 saturated heterocycles. The topological polar surface area (TPSA) is 29.5 Å². The Balaban J connectivity index is 1.78. The van der Waals surface area contributed by atoms with Gasteiger partial charge in [0.05, 0.1) is 12.2 Å². The molecular weight excluding hydrogens is 236 g/mol. The summed E-state index contributed by atoms with van der Waals surface area (Å²) in [5.74, 6) is 0. The molecule has 0 spiro atoms. The van der Waals surface area contributed by atoms with Crippen molar-refractivity contribution in [3.63, 3.8) is 0 Å². The van der Waals surface area contributed by atoms with Crippen molar-refractivity contribution < 1.29 is 9.84 Å². The highest BCUT2D eigenvalue weighted by Crippen LogP contribution is 2.19. The first kappa shape index (κ1) is 17.0. The third-order valence-corrected chi connectivity index (χ3v) is 4.25. The Kier molecular flexibility index (Phi) is 10.5. The maximum absolute atomic E-state index is 9.95. The number of hydrogen-bond acceptors (Lipinski definition) is 2. The van der Waals surface area contributed by atoms with E-state index < -0.39 is 0 Å². The maximum Gasteiger partial charge on any atom is 0.0834 e. The van der Waals surface area contributed by atoms with Gasteiger partial charge >= 0.3 is 0 Å². The molecule has 2 nitrogen and oxygen atoms in total. The van der Waals surface area contributed by atoms with Crippen molar-refractivity contribution in [2.24, 2.45) is 0 Å².